The molecule has 0 amide bonds. The van der Waals surface area contributed by atoms with Gasteiger partial charge in [-0.05, 0) is 12.5 Å². The number of nitrogens with zero attached hydrogens (tertiary/aromatic N) is 1. The highest BCUT2D eigenvalue weighted by molar-refractivity contribution is 8.93. The lowest BCUT2D eigenvalue weighted by molar-refractivity contribution is -0.384. The average Bonchev–Trinajstić information content (AvgIpc) is 2.45. The normalized spacial score (nSPS) is 11.7. The van der Waals surface area contributed by atoms with Crippen LogP contribution in [0.4, 0.5) is 5.69 Å². The number of aromatic nitrogens is 2. The number of nitrogens with one attached hydrogen (secondary N) is 3. The molecule has 1 aromatic heterocycles. The molecule has 0 aliphatic carbocycles. The lowest BCUT2D eigenvalue weighted by atomic mass is 10.1. The highest BCUT2D eigenvalue weighted by Gasteiger charge is 2.16. The van der Waals surface area contributed by atoms with E-state index in [1.807, 2.05) is 0 Å². The third-order valence-electron chi connectivity index (χ3n) is 3.08. The summed E-state index contributed by atoms with van der Waals surface area (Å²) in [6, 6.07) is 1.44. The molecule has 0 saturated heterocycles. The van der Waals surface area contributed by atoms with Crippen LogP contribution in [0.3, 0.4) is 0 Å². The molecule has 10 nitrogen and oxygen atoms in total. The Morgan fingerprint density at radius 2 is 1.96 bits per heavy atom. The molecule has 2 aromatic rings. The smallest absolute Gasteiger partial charge is 0.320 e. The number of fused-ring (bicyclic) bond motifs is 1. The summed E-state index contributed by atoms with van der Waals surface area (Å²) in [5.74, 6) is -1.09. The number of nitro benzene ring substituents is 1. The Morgan fingerprint density at radius 3 is 2.52 bits per heavy atom. The number of halogens is 1. The van der Waals surface area contributed by atoms with Crippen LogP contribution in [0.1, 0.15) is 12.5 Å². The summed E-state index contributed by atoms with van der Waals surface area (Å²) in [7, 11) is 0. The first-order valence-corrected chi connectivity index (χ1v) is 6.19. The molecular formula is C12H13BrN4O6. The van der Waals surface area contributed by atoms with E-state index in [0.29, 0.717) is 5.56 Å². The van der Waals surface area contributed by atoms with Crippen molar-refractivity contribution in [2.45, 2.75) is 19.5 Å². The van der Waals surface area contributed by atoms with Gasteiger partial charge in [0.25, 0.3) is 5.69 Å². The number of aromatic amines is 2. The van der Waals surface area contributed by atoms with Gasteiger partial charge < -0.3 is 20.4 Å². The van der Waals surface area contributed by atoms with Crippen molar-refractivity contribution in [1.82, 2.24) is 15.3 Å². The second kappa shape index (κ2) is 7.15. The number of non-ortho nitro benzene ring substituents is 1. The molecule has 0 fully saturated rings. The van der Waals surface area contributed by atoms with Crippen LogP contribution in [0.25, 0.3) is 11.0 Å². The number of hydrogen-bond acceptors (Lipinski definition) is 6. The van der Waals surface area contributed by atoms with Crippen molar-refractivity contribution in [2.75, 3.05) is 0 Å². The minimum absolute atomic E-state index is 0. The maximum Gasteiger partial charge on any atom is 0.320 e. The molecule has 0 aliphatic rings. The van der Waals surface area contributed by atoms with Crippen molar-refractivity contribution in [3.05, 3.63) is 48.5 Å². The Kier molecular flexibility index (Phi) is 5.76. The van der Waals surface area contributed by atoms with Crippen LogP contribution in [-0.4, -0.2) is 32.0 Å². The number of H-pyrrole nitrogens is 2. The Hall–Kier alpha value is -2.53. The zero-order chi connectivity index (χ0) is 16.4. The van der Waals surface area contributed by atoms with Gasteiger partial charge in [-0.15, -0.1) is 17.0 Å². The number of aliphatic carboxylic acids is 1. The standard InChI is InChI=1S/C12H12N4O6.BrH/c1-5(12(19)20)13-4-6-2-7(16(21)22)3-8-9(6)15-11(18)10(17)14-8;/h2-3,5,13H,4H2,1H3,(H,14,17)(H,15,18)(H,19,20);1H/t5-;/m0./s1. The maximum absolute atomic E-state index is 11.4. The Bertz CT molecular complexity index is 874. The first-order valence-electron chi connectivity index (χ1n) is 6.19. The largest absolute Gasteiger partial charge is 0.480 e. The topological polar surface area (TPSA) is 158 Å². The zero-order valence-corrected chi connectivity index (χ0v) is 13.5. The van der Waals surface area contributed by atoms with Gasteiger partial charge in [-0.25, -0.2) is 0 Å². The van der Waals surface area contributed by atoms with Crippen molar-refractivity contribution in [1.29, 1.82) is 0 Å². The van der Waals surface area contributed by atoms with Crippen molar-refractivity contribution in [3.63, 3.8) is 0 Å². The zero-order valence-electron chi connectivity index (χ0n) is 11.8. The van der Waals surface area contributed by atoms with Gasteiger partial charge in [-0.3, -0.25) is 24.5 Å². The number of benzene rings is 1. The molecule has 23 heavy (non-hydrogen) atoms. The summed E-state index contributed by atoms with van der Waals surface area (Å²) in [6.45, 7) is 1.38. The summed E-state index contributed by atoms with van der Waals surface area (Å²) in [6.07, 6.45) is 0. The molecule has 0 radical (unpaired) electrons. The Labute approximate surface area is 138 Å². The third-order valence-corrected chi connectivity index (χ3v) is 3.08. The van der Waals surface area contributed by atoms with Crippen LogP contribution in [0.2, 0.25) is 0 Å². The number of hydrogen-bond donors (Lipinski definition) is 4. The molecule has 1 aromatic carbocycles. The molecule has 1 heterocycles. The maximum atomic E-state index is 11.4. The van der Waals surface area contributed by atoms with Crippen molar-refractivity contribution in [3.8, 4) is 0 Å². The SMILES string of the molecule is Br.C[C@H](NCc1cc([N+](=O)[O-])cc2[nH]c(=O)c(=O)[nH]c12)C(=O)O. The fraction of sp³-hybridized carbons (Fsp3) is 0.250. The summed E-state index contributed by atoms with van der Waals surface area (Å²) in [4.78, 5) is 48.4. The van der Waals surface area contributed by atoms with Gasteiger partial charge in [0.2, 0.25) is 0 Å². The first kappa shape index (κ1) is 18.5. The summed E-state index contributed by atoms with van der Waals surface area (Å²) < 4.78 is 0. The fourth-order valence-electron chi connectivity index (χ4n) is 1.88. The fourth-order valence-corrected chi connectivity index (χ4v) is 1.88. The minimum Gasteiger partial charge on any atom is -0.480 e. The van der Waals surface area contributed by atoms with E-state index < -0.39 is 28.1 Å². The second-order valence-electron chi connectivity index (χ2n) is 4.63. The molecule has 1 atom stereocenters. The van der Waals surface area contributed by atoms with Gasteiger partial charge in [0.15, 0.2) is 0 Å². The number of nitro groups is 1. The summed E-state index contributed by atoms with van der Waals surface area (Å²) in [5, 5.41) is 22.4. The third kappa shape index (κ3) is 4.02. The number of rotatable bonds is 5. The van der Waals surface area contributed by atoms with E-state index in [4.69, 9.17) is 5.11 Å². The molecule has 0 bridgehead atoms. The average molecular weight is 389 g/mol. The van der Waals surface area contributed by atoms with Gasteiger partial charge in [0.1, 0.15) is 6.04 Å². The van der Waals surface area contributed by atoms with Crippen molar-refractivity contribution < 1.29 is 14.8 Å². The van der Waals surface area contributed by atoms with Crippen molar-refractivity contribution >= 4 is 39.7 Å². The van der Waals surface area contributed by atoms with Gasteiger partial charge in [-0.1, -0.05) is 0 Å². The Morgan fingerprint density at radius 1 is 1.35 bits per heavy atom. The lowest BCUT2D eigenvalue weighted by Crippen LogP contribution is -2.34. The molecule has 0 aliphatic heterocycles. The van der Waals surface area contributed by atoms with Gasteiger partial charge in [-0.2, -0.15) is 0 Å². The van der Waals surface area contributed by atoms with E-state index in [0.717, 1.165) is 6.07 Å². The van der Waals surface area contributed by atoms with E-state index in [2.05, 4.69) is 15.3 Å². The second-order valence-corrected chi connectivity index (χ2v) is 4.63. The van der Waals surface area contributed by atoms with Gasteiger partial charge in [0.05, 0.1) is 16.0 Å². The van der Waals surface area contributed by atoms with Crippen molar-refractivity contribution in [2.24, 2.45) is 0 Å². The molecule has 4 N–H and O–H groups in total. The van der Waals surface area contributed by atoms with E-state index in [9.17, 15) is 24.5 Å². The van der Waals surface area contributed by atoms with Crippen LogP contribution < -0.4 is 16.4 Å². The Balaban J connectivity index is 0.00000264. The molecule has 11 heteroatoms. The van der Waals surface area contributed by atoms with Crippen LogP contribution >= 0.6 is 17.0 Å². The monoisotopic (exact) mass is 388 g/mol. The van der Waals surface area contributed by atoms with Gasteiger partial charge in [0, 0.05) is 18.7 Å². The highest BCUT2D eigenvalue weighted by Crippen LogP contribution is 2.21. The van der Waals surface area contributed by atoms with E-state index in [1.54, 1.807) is 0 Å². The molecule has 2 rings (SSSR count). The molecule has 0 unspecified atom stereocenters. The van der Waals surface area contributed by atoms with Crippen LogP contribution in [0, 0.1) is 10.1 Å². The van der Waals surface area contributed by atoms with E-state index in [-0.39, 0.29) is 40.2 Å². The predicted octanol–water partition coefficient (Wildman–Crippen LogP) is 0.265. The molecule has 0 spiro atoms. The lowest BCUT2D eigenvalue weighted by Gasteiger charge is -2.11. The summed E-state index contributed by atoms with van der Waals surface area (Å²) >= 11 is 0. The first-order chi connectivity index (χ1) is 10.3. The molecular weight excluding hydrogens is 376 g/mol. The minimum atomic E-state index is -1.09. The van der Waals surface area contributed by atoms with E-state index in [1.165, 1.54) is 13.0 Å². The molecule has 124 valence electrons. The van der Waals surface area contributed by atoms with Crippen LogP contribution in [-0.2, 0) is 11.3 Å². The van der Waals surface area contributed by atoms with Crippen LogP contribution in [0.5, 0.6) is 0 Å². The quantitative estimate of drug-likeness (QED) is 0.324. The number of carboxylic acids is 1. The highest BCUT2D eigenvalue weighted by atomic mass is 79.9. The predicted molar refractivity (Wildman–Crippen MR) is 86.1 cm³/mol. The number of carbonyl (C=O) groups is 1. The number of carboxylic acid groups (broad SMARTS) is 1. The molecule has 0 saturated carbocycles. The van der Waals surface area contributed by atoms with Gasteiger partial charge >= 0.3 is 17.1 Å². The summed E-state index contributed by atoms with van der Waals surface area (Å²) in [5.41, 5.74) is -1.50. The van der Waals surface area contributed by atoms with E-state index >= 15 is 0 Å². The van der Waals surface area contributed by atoms with Crippen LogP contribution in [0.15, 0.2) is 21.7 Å².